The molecule has 0 radical (unpaired) electrons. The highest BCUT2D eigenvalue weighted by atomic mass is 32.2. The van der Waals surface area contributed by atoms with Crippen LogP contribution in [0.25, 0.3) is 0 Å². The fraction of sp³-hybridized carbons (Fsp3) is 0.211. The molecule has 0 saturated carbocycles. The lowest BCUT2D eigenvalue weighted by atomic mass is 9.97. The minimum Gasteiger partial charge on any atom is -0.268 e. The van der Waals surface area contributed by atoms with Crippen molar-refractivity contribution in [3.8, 4) is 0 Å². The third kappa shape index (κ3) is 3.10. The van der Waals surface area contributed by atoms with Gasteiger partial charge < -0.3 is 0 Å². The van der Waals surface area contributed by atoms with Crippen LogP contribution in [-0.2, 0) is 26.5 Å². The third-order valence-electron chi connectivity index (χ3n) is 4.81. The molecule has 11 heteroatoms. The molecule has 0 aliphatic carbocycles. The lowest BCUT2D eigenvalue weighted by molar-refractivity contribution is 0.0838. The Morgan fingerprint density at radius 2 is 1.73 bits per heavy atom. The average molecular weight is 447 g/mol. The van der Waals surface area contributed by atoms with E-state index in [2.05, 4.69) is 10.3 Å². The molecule has 0 unspecified atom stereocenters. The summed E-state index contributed by atoms with van der Waals surface area (Å²) >= 11 is 0. The van der Waals surface area contributed by atoms with E-state index in [1.807, 2.05) is 13.8 Å². The second-order valence-corrected chi connectivity index (χ2v) is 10.8. The van der Waals surface area contributed by atoms with E-state index in [1.165, 1.54) is 18.2 Å². The number of hydrogen-bond acceptors (Lipinski definition) is 7. The quantitative estimate of drug-likeness (QED) is 0.588. The molecule has 9 nitrogen and oxygen atoms in total. The van der Waals surface area contributed by atoms with E-state index in [4.69, 9.17) is 0 Å². The zero-order valence-electron chi connectivity index (χ0n) is 16.1. The topological polar surface area (TPSA) is 119 Å². The summed E-state index contributed by atoms with van der Waals surface area (Å²) in [7, 11) is -8.00. The molecule has 0 bridgehead atoms. The summed E-state index contributed by atoms with van der Waals surface area (Å²) < 4.78 is 52.9. The largest absolute Gasteiger partial charge is 0.270 e. The fourth-order valence-corrected chi connectivity index (χ4v) is 5.98. The molecule has 0 N–H and O–H groups in total. The highest BCUT2D eigenvalue weighted by molar-refractivity contribution is 7.91. The van der Waals surface area contributed by atoms with Crippen molar-refractivity contribution in [2.24, 2.45) is 0 Å². The van der Waals surface area contributed by atoms with Gasteiger partial charge in [-0.05, 0) is 29.7 Å². The number of carbonyl (C=O) groups excluding carboxylic acids is 1. The first-order valence-electron chi connectivity index (χ1n) is 9.04. The highest BCUT2D eigenvalue weighted by Gasteiger charge is 2.43. The second-order valence-electron chi connectivity index (χ2n) is 7.09. The summed E-state index contributed by atoms with van der Waals surface area (Å²) in [6.07, 6.45) is 1.11. The summed E-state index contributed by atoms with van der Waals surface area (Å²) in [6.45, 7) is 3.26. The molecule has 3 aromatic rings. The number of sulfonamides is 1. The number of nitrogens with zero attached hydrogens (tertiary/aromatic N) is 4. The van der Waals surface area contributed by atoms with Crippen LogP contribution in [-0.4, -0.2) is 42.0 Å². The minimum absolute atomic E-state index is 0.0379. The number of sulfone groups is 1. The Morgan fingerprint density at radius 3 is 2.40 bits per heavy atom. The molecular formula is C19H18N4O5S2. The Labute approximate surface area is 173 Å². The molecule has 0 spiro atoms. The Kier molecular flexibility index (Phi) is 4.74. The smallest absolute Gasteiger partial charge is 0.268 e. The van der Waals surface area contributed by atoms with Gasteiger partial charge in [-0.1, -0.05) is 49.4 Å². The second kappa shape index (κ2) is 7.03. The van der Waals surface area contributed by atoms with Crippen LogP contribution in [0.3, 0.4) is 0 Å². The zero-order chi connectivity index (χ0) is 21.7. The summed E-state index contributed by atoms with van der Waals surface area (Å²) in [5.41, 5.74) is 0.777. The first kappa shape index (κ1) is 20.2. The van der Waals surface area contributed by atoms with Crippen molar-refractivity contribution in [3.05, 3.63) is 65.9 Å². The molecule has 0 atom stereocenters. The standard InChI is InChI=1S/C19H18N4O5S2/c1-13(2)15-9-6-10-16-18(15)19(24)23(30(16,27)28)12-22-11-17(20-21-22)29(25,26)14-7-4-3-5-8-14/h3-11,13H,12H2,1-2H3. The Hall–Kier alpha value is -3.05. The molecule has 0 fully saturated rings. The first-order valence-corrected chi connectivity index (χ1v) is 12.0. The van der Waals surface area contributed by atoms with Crippen molar-refractivity contribution in [2.75, 3.05) is 0 Å². The molecule has 1 aliphatic rings. The van der Waals surface area contributed by atoms with E-state index in [9.17, 15) is 21.6 Å². The molecule has 0 saturated heterocycles. The van der Waals surface area contributed by atoms with E-state index >= 15 is 0 Å². The number of carbonyl (C=O) groups is 1. The Morgan fingerprint density at radius 1 is 1.03 bits per heavy atom. The van der Waals surface area contributed by atoms with Gasteiger partial charge in [0.25, 0.3) is 15.9 Å². The molecule has 1 aromatic heterocycles. The van der Waals surface area contributed by atoms with E-state index in [-0.39, 0.29) is 26.3 Å². The number of benzene rings is 2. The van der Waals surface area contributed by atoms with Crippen LogP contribution in [0, 0.1) is 0 Å². The number of aromatic nitrogens is 3. The van der Waals surface area contributed by atoms with Gasteiger partial charge in [-0.3, -0.25) is 4.79 Å². The van der Waals surface area contributed by atoms with Crippen LogP contribution >= 0.6 is 0 Å². The maximum Gasteiger partial charge on any atom is 0.270 e. The van der Waals surface area contributed by atoms with Crippen LogP contribution in [0.1, 0.15) is 35.7 Å². The van der Waals surface area contributed by atoms with Gasteiger partial charge in [0.05, 0.1) is 16.7 Å². The van der Waals surface area contributed by atoms with Crippen LogP contribution in [0.4, 0.5) is 0 Å². The lowest BCUT2D eigenvalue weighted by Crippen LogP contribution is -2.32. The maximum absolute atomic E-state index is 12.9. The molecular weight excluding hydrogens is 428 g/mol. The molecule has 2 heterocycles. The summed E-state index contributed by atoms with van der Waals surface area (Å²) in [5.74, 6) is -0.717. The van der Waals surface area contributed by atoms with Crippen molar-refractivity contribution in [1.29, 1.82) is 0 Å². The first-order chi connectivity index (χ1) is 14.1. The van der Waals surface area contributed by atoms with Gasteiger partial charge in [-0.25, -0.2) is 25.8 Å². The van der Waals surface area contributed by atoms with Gasteiger partial charge in [0.1, 0.15) is 11.6 Å². The fourth-order valence-electron chi connectivity index (χ4n) is 3.29. The van der Waals surface area contributed by atoms with Crippen LogP contribution in [0.15, 0.2) is 69.5 Å². The molecule has 1 aliphatic heterocycles. The molecule has 156 valence electrons. The average Bonchev–Trinajstić information content (AvgIpc) is 3.27. The predicted molar refractivity (Wildman–Crippen MR) is 106 cm³/mol. The molecule has 4 rings (SSSR count). The molecule has 2 aromatic carbocycles. The van der Waals surface area contributed by atoms with Crippen molar-refractivity contribution in [1.82, 2.24) is 19.3 Å². The van der Waals surface area contributed by atoms with Crippen molar-refractivity contribution in [2.45, 2.75) is 41.3 Å². The Bertz CT molecular complexity index is 1350. The zero-order valence-corrected chi connectivity index (χ0v) is 17.8. The van der Waals surface area contributed by atoms with Gasteiger partial charge in [0, 0.05) is 0 Å². The third-order valence-corrected chi connectivity index (χ3v) is 8.20. The van der Waals surface area contributed by atoms with Crippen molar-refractivity contribution < 1.29 is 21.6 Å². The van der Waals surface area contributed by atoms with Crippen LogP contribution < -0.4 is 0 Å². The summed E-state index contributed by atoms with van der Waals surface area (Å²) in [4.78, 5) is 12.9. The van der Waals surface area contributed by atoms with Gasteiger partial charge in [-0.15, -0.1) is 5.10 Å². The Balaban J connectivity index is 1.68. The number of hydrogen-bond donors (Lipinski definition) is 0. The predicted octanol–water partition coefficient (Wildman–Crippen LogP) is 2.04. The van der Waals surface area contributed by atoms with Gasteiger partial charge in [0.2, 0.25) is 14.9 Å². The van der Waals surface area contributed by atoms with Gasteiger partial charge in [0.15, 0.2) is 0 Å². The SMILES string of the molecule is CC(C)c1cccc2c1C(=O)N(Cn1cc(S(=O)(=O)c3ccccc3)nn1)S2(=O)=O. The van der Waals surface area contributed by atoms with E-state index in [1.54, 1.807) is 30.3 Å². The number of rotatable bonds is 5. The van der Waals surface area contributed by atoms with Crippen molar-refractivity contribution >= 4 is 25.8 Å². The molecule has 1 amide bonds. The van der Waals surface area contributed by atoms with Gasteiger partial charge >= 0.3 is 0 Å². The highest BCUT2D eigenvalue weighted by Crippen LogP contribution is 2.35. The summed E-state index contributed by atoms with van der Waals surface area (Å²) in [5, 5.41) is 7.05. The van der Waals surface area contributed by atoms with E-state index < -0.39 is 32.4 Å². The molecule has 30 heavy (non-hydrogen) atoms. The van der Waals surface area contributed by atoms with E-state index in [0.717, 1.165) is 10.9 Å². The summed E-state index contributed by atoms with van der Waals surface area (Å²) in [6, 6.07) is 12.4. The van der Waals surface area contributed by atoms with Crippen molar-refractivity contribution in [3.63, 3.8) is 0 Å². The monoisotopic (exact) mass is 446 g/mol. The number of fused-ring (bicyclic) bond motifs is 1. The minimum atomic E-state index is -4.08. The van der Waals surface area contributed by atoms with Crippen LogP contribution in [0.5, 0.6) is 0 Å². The maximum atomic E-state index is 12.9. The van der Waals surface area contributed by atoms with E-state index in [0.29, 0.717) is 9.87 Å². The number of amides is 1. The lowest BCUT2D eigenvalue weighted by Gasteiger charge is -2.14. The van der Waals surface area contributed by atoms with Gasteiger partial charge in [-0.2, -0.15) is 0 Å². The normalized spacial score (nSPS) is 15.6. The van der Waals surface area contributed by atoms with Crippen LogP contribution in [0.2, 0.25) is 0 Å².